The number of nitrogens with zero attached hydrogens (tertiary/aromatic N) is 3. The highest BCUT2D eigenvalue weighted by atomic mass is 32.1. The predicted molar refractivity (Wildman–Crippen MR) is 87.0 cm³/mol. The van der Waals surface area contributed by atoms with Crippen molar-refractivity contribution in [3.63, 3.8) is 0 Å². The number of aryl methyl sites for hydroxylation is 1. The Balaban J connectivity index is 2.15. The molecule has 0 fully saturated rings. The Bertz CT molecular complexity index is 828. The van der Waals surface area contributed by atoms with Gasteiger partial charge >= 0.3 is 0 Å². The molecule has 1 aromatic heterocycles. The number of thiazole rings is 1. The molecule has 0 N–H and O–H groups in total. The van der Waals surface area contributed by atoms with Gasteiger partial charge in [0.15, 0.2) is 22.9 Å². The van der Waals surface area contributed by atoms with Crippen molar-refractivity contribution in [2.24, 2.45) is 12.0 Å². The zero-order valence-corrected chi connectivity index (χ0v) is 13.5. The fourth-order valence-corrected chi connectivity index (χ4v) is 2.49. The summed E-state index contributed by atoms with van der Waals surface area (Å²) in [7, 11) is 3.34. The van der Waals surface area contributed by atoms with Gasteiger partial charge in [-0.25, -0.2) is 0 Å². The normalized spacial score (nSPS) is 11.4. The number of nitriles is 1. The Labute approximate surface area is 137 Å². The Morgan fingerprint density at radius 2 is 2.30 bits per heavy atom. The fourth-order valence-electron chi connectivity index (χ4n) is 1.75. The summed E-state index contributed by atoms with van der Waals surface area (Å²) in [6.07, 6.45) is 4.88. The molecule has 0 bridgehead atoms. The van der Waals surface area contributed by atoms with Gasteiger partial charge in [0, 0.05) is 24.7 Å². The number of ether oxygens (including phenoxy) is 2. The average Bonchev–Trinajstić information content (AvgIpc) is 2.96. The summed E-state index contributed by atoms with van der Waals surface area (Å²) in [5, 5.41) is 10.4. The third-order valence-electron chi connectivity index (χ3n) is 2.86. The van der Waals surface area contributed by atoms with E-state index in [1.165, 1.54) is 24.5 Å². The van der Waals surface area contributed by atoms with Crippen molar-refractivity contribution in [1.29, 1.82) is 5.26 Å². The van der Waals surface area contributed by atoms with Crippen LogP contribution in [-0.2, 0) is 11.8 Å². The maximum absolute atomic E-state index is 11.8. The van der Waals surface area contributed by atoms with E-state index in [1.807, 2.05) is 24.7 Å². The first-order valence-corrected chi connectivity index (χ1v) is 7.56. The number of benzene rings is 1. The molecule has 0 aliphatic heterocycles. The number of hydrogen-bond donors (Lipinski definition) is 0. The molecule has 23 heavy (non-hydrogen) atoms. The molecular weight excluding hydrogens is 314 g/mol. The number of carbonyl (C=O) groups excluding carboxylic acids is 1. The zero-order chi connectivity index (χ0) is 16.7. The van der Waals surface area contributed by atoms with Gasteiger partial charge in [0.1, 0.15) is 6.07 Å². The van der Waals surface area contributed by atoms with Crippen molar-refractivity contribution in [2.45, 2.75) is 0 Å². The standard InChI is InChI=1S/C16H15N3O3S/c1-19-8-10-23-16(19)18-15(20)6-4-12-3-5-13(22-9-7-17)14(11-12)21-2/h3-6,8,10-11H,9H2,1-2H3. The van der Waals surface area contributed by atoms with Gasteiger partial charge in [0.2, 0.25) is 0 Å². The molecule has 1 amide bonds. The van der Waals surface area contributed by atoms with Gasteiger partial charge in [-0.15, -0.1) is 11.3 Å². The largest absolute Gasteiger partial charge is 0.493 e. The number of hydrogen-bond acceptors (Lipinski definition) is 5. The lowest BCUT2D eigenvalue weighted by Gasteiger charge is -2.08. The quantitative estimate of drug-likeness (QED) is 0.788. The number of amides is 1. The fraction of sp³-hybridized carbons (Fsp3) is 0.188. The highest BCUT2D eigenvalue weighted by Crippen LogP contribution is 2.28. The van der Waals surface area contributed by atoms with Crippen LogP contribution in [-0.4, -0.2) is 24.2 Å². The number of methoxy groups -OCH3 is 1. The second-order valence-electron chi connectivity index (χ2n) is 4.44. The first-order valence-electron chi connectivity index (χ1n) is 6.68. The summed E-state index contributed by atoms with van der Waals surface area (Å²) >= 11 is 1.39. The van der Waals surface area contributed by atoms with E-state index in [1.54, 1.807) is 28.8 Å². The maximum atomic E-state index is 11.8. The molecule has 0 atom stereocenters. The van der Waals surface area contributed by atoms with Gasteiger partial charge in [0.25, 0.3) is 5.91 Å². The number of carbonyl (C=O) groups is 1. The summed E-state index contributed by atoms with van der Waals surface area (Å²) < 4.78 is 12.2. The van der Waals surface area contributed by atoms with E-state index in [9.17, 15) is 4.79 Å². The van der Waals surface area contributed by atoms with Crippen molar-refractivity contribution >= 4 is 23.3 Å². The Kier molecular flexibility index (Phi) is 5.72. The first-order chi connectivity index (χ1) is 11.1. The topological polar surface area (TPSA) is 76.6 Å². The second kappa shape index (κ2) is 7.96. The molecule has 6 nitrogen and oxygen atoms in total. The lowest BCUT2D eigenvalue weighted by Crippen LogP contribution is -2.11. The van der Waals surface area contributed by atoms with Crippen LogP contribution in [0.2, 0.25) is 0 Å². The van der Waals surface area contributed by atoms with E-state index in [0.29, 0.717) is 16.3 Å². The lowest BCUT2D eigenvalue weighted by molar-refractivity contribution is -0.113. The smallest absolute Gasteiger partial charge is 0.272 e. The minimum Gasteiger partial charge on any atom is -0.493 e. The van der Waals surface area contributed by atoms with Crippen molar-refractivity contribution in [1.82, 2.24) is 4.57 Å². The van der Waals surface area contributed by atoms with Gasteiger partial charge in [0.05, 0.1) is 7.11 Å². The number of rotatable bonds is 5. The molecule has 0 spiro atoms. The van der Waals surface area contributed by atoms with Crippen LogP contribution >= 0.6 is 11.3 Å². The molecule has 118 valence electrons. The SMILES string of the molecule is COc1cc(C=CC(=O)N=c2sccn2C)ccc1OCC#N. The van der Waals surface area contributed by atoms with E-state index in [-0.39, 0.29) is 12.5 Å². The lowest BCUT2D eigenvalue weighted by atomic mass is 10.2. The minimum atomic E-state index is -0.341. The highest BCUT2D eigenvalue weighted by Gasteiger charge is 2.04. The van der Waals surface area contributed by atoms with Crippen LogP contribution in [0.3, 0.4) is 0 Å². The van der Waals surface area contributed by atoms with Crippen LogP contribution in [0.4, 0.5) is 0 Å². The van der Waals surface area contributed by atoms with Gasteiger partial charge in [-0.3, -0.25) is 4.79 Å². The molecule has 1 aromatic carbocycles. The Morgan fingerprint density at radius 3 is 2.96 bits per heavy atom. The summed E-state index contributed by atoms with van der Waals surface area (Å²) in [5.41, 5.74) is 0.769. The average molecular weight is 329 g/mol. The molecular formula is C16H15N3O3S. The van der Waals surface area contributed by atoms with Crippen molar-refractivity contribution in [2.75, 3.05) is 13.7 Å². The van der Waals surface area contributed by atoms with Crippen LogP contribution in [0.15, 0.2) is 40.8 Å². The molecule has 1 heterocycles. The molecule has 0 radical (unpaired) electrons. The van der Waals surface area contributed by atoms with E-state index in [2.05, 4.69) is 4.99 Å². The van der Waals surface area contributed by atoms with Crippen molar-refractivity contribution in [3.8, 4) is 17.6 Å². The molecule has 0 saturated carbocycles. The van der Waals surface area contributed by atoms with Gasteiger partial charge in [-0.2, -0.15) is 10.3 Å². The van der Waals surface area contributed by atoms with Gasteiger partial charge < -0.3 is 14.0 Å². The maximum Gasteiger partial charge on any atom is 0.272 e. The van der Waals surface area contributed by atoms with E-state index in [4.69, 9.17) is 14.7 Å². The first kappa shape index (κ1) is 16.5. The molecule has 2 rings (SSSR count). The van der Waals surface area contributed by atoms with Gasteiger partial charge in [-0.1, -0.05) is 6.07 Å². The van der Waals surface area contributed by atoms with Crippen molar-refractivity contribution < 1.29 is 14.3 Å². The monoisotopic (exact) mass is 329 g/mol. The van der Waals surface area contributed by atoms with Crippen LogP contribution in [0, 0.1) is 11.3 Å². The Morgan fingerprint density at radius 1 is 1.48 bits per heavy atom. The van der Waals surface area contributed by atoms with Crippen LogP contribution in [0.5, 0.6) is 11.5 Å². The summed E-state index contributed by atoms with van der Waals surface area (Å²) in [6.45, 7) is -0.0548. The van der Waals surface area contributed by atoms with Crippen molar-refractivity contribution in [3.05, 3.63) is 46.2 Å². The molecule has 0 aliphatic rings. The van der Waals surface area contributed by atoms with E-state index >= 15 is 0 Å². The summed E-state index contributed by atoms with van der Waals surface area (Å²) in [6, 6.07) is 7.08. The van der Waals surface area contributed by atoms with E-state index < -0.39 is 0 Å². The molecule has 0 aliphatic carbocycles. The zero-order valence-electron chi connectivity index (χ0n) is 12.7. The van der Waals surface area contributed by atoms with E-state index in [0.717, 1.165) is 5.56 Å². The third-order valence-corrected chi connectivity index (χ3v) is 3.71. The minimum absolute atomic E-state index is 0.0548. The predicted octanol–water partition coefficient (Wildman–Crippen LogP) is 2.14. The van der Waals surface area contributed by atoms with Crippen LogP contribution in [0.1, 0.15) is 5.56 Å². The molecule has 0 saturated heterocycles. The molecule has 7 heteroatoms. The highest BCUT2D eigenvalue weighted by molar-refractivity contribution is 7.07. The third kappa shape index (κ3) is 4.56. The van der Waals surface area contributed by atoms with Crippen LogP contribution < -0.4 is 14.3 Å². The number of aromatic nitrogens is 1. The van der Waals surface area contributed by atoms with Crippen LogP contribution in [0.25, 0.3) is 6.08 Å². The Hall–Kier alpha value is -2.85. The second-order valence-corrected chi connectivity index (χ2v) is 5.31. The molecule has 2 aromatic rings. The summed E-state index contributed by atoms with van der Waals surface area (Å²) in [4.78, 5) is 16.5. The molecule has 0 unspecified atom stereocenters. The summed E-state index contributed by atoms with van der Waals surface area (Å²) in [5.74, 6) is 0.635. The van der Waals surface area contributed by atoms with Gasteiger partial charge in [-0.05, 0) is 23.8 Å².